The van der Waals surface area contributed by atoms with Gasteiger partial charge in [-0.25, -0.2) is 0 Å². The van der Waals surface area contributed by atoms with E-state index < -0.39 is 0 Å². The van der Waals surface area contributed by atoms with E-state index >= 15 is 0 Å². The van der Waals surface area contributed by atoms with Crippen molar-refractivity contribution in [3.8, 4) is 17.6 Å². The molecule has 0 radical (unpaired) electrons. The van der Waals surface area contributed by atoms with E-state index in [0.717, 1.165) is 23.1 Å². The van der Waals surface area contributed by atoms with Crippen LogP contribution in [0.5, 0.6) is 5.75 Å². The van der Waals surface area contributed by atoms with Crippen LogP contribution in [-0.2, 0) is 0 Å². The van der Waals surface area contributed by atoms with E-state index in [2.05, 4.69) is 24.8 Å². The van der Waals surface area contributed by atoms with E-state index in [0.29, 0.717) is 0 Å². The molecule has 1 nitrogen and oxygen atoms in total. The Balaban J connectivity index is 1.76. The molecule has 0 amide bonds. The fourth-order valence-corrected chi connectivity index (χ4v) is 2.92. The lowest BCUT2D eigenvalue weighted by Gasteiger charge is -2.25. The van der Waals surface area contributed by atoms with Crippen LogP contribution in [-0.4, -0.2) is 7.11 Å². The highest BCUT2D eigenvalue weighted by atomic mass is 16.5. The number of allylic oxidation sites excluding steroid dienone is 3. The average Bonchev–Trinajstić information content (AvgIpc) is 2.59. The molecule has 1 aliphatic rings. The van der Waals surface area contributed by atoms with Gasteiger partial charge in [-0.1, -0.05) is 43.4 Å². The summed E-state index contributed by atoms with van der Waals surface area (Å²) in [7, 11) is 1.68. The number of benzene rings is 1. The number of hydrogen-bond acceptors (Lipinski definition) is 1. The van der Waals surface area contributed by atoms with Crippen molar-refractivity contribution in [2.45, 2.75) is 39.0 Å². The van der Waals surface area contributed by atoms with Crippen molar-refractivity contribution in [1.29, 1.82) is 0 Å². The smallest absolute Gasteiger partial charge is 0.118 e. The molecule has 0 bridgehead atoms. The third kappa shape index (κ3) is 5.45. The second kappa shape index (κ2) is 9.15. The first-order valence-corrected chi connectivity index (χ1v) is 8.30. The minimum absolute atomic E-state index is 0.739. The van der Waals surface area contributed by atoms with E-state index in [4.69, 9.17) is 4.74 Å². The van der Waals surface area contributed by atoms with E-state index in [1.807, 2.05) is 42.5 Å². The number of hydrogen-bond donors (Lipinski definition) is 0. The topological polar surface area (TPSA) is 9.23 Å². The maximum Gasteiger partial charge on any atom is 0.118 e. The highest BCUT2D eigenvalue weighted by molar-refractivity contribution is 5.54. The van der Waals surface area contributed by atoms with Crippen LogP contribution in [0.2, 0.25) is 0 Å². The number of ether oxygens (including phenoxy) is 1. The maximum atomic E-state index is 5.14. The van der Waals surface area contributed by atoms with Gasteiger partial charge < -0.3 is 4.74 Å². The summed E-state index contributed by atoms with van der Waals surface area (Å²) in [5, 5.41) is 0. The predicted octanol–water partition coefficient (Wildman–Crippen LogP) is 5.48. The minimum Gasteiger partial charge on any atom is -0.497 e. The van der Waals surface area contributed by atoms with Crippen LogP contribution < -0.4 is 4.74 Å². The van der Waals surface area contributed by atoms with E-state index in [-0.39, 0.29) is 0 Å². The number of methoxy groups -OCH3 is 1. The first-order valence-electron chi connectivity index (χ1n) is 8.30. The van der Waals surface area contributed by atoms with Crippen molar-refractivity contribution in [1.82, 2.24) is 0 Å². The van der Waals surface area contributed by atoms with Crippen molar-refractivity contribution in [3.63, 3.8) is 0 Å². The molecular weight excluding hydrogens is 268 g/mol. The SMILES string of the molecule is CCC1CCC(/C=C/C#C/C=C/c2ccc(OC)cc2)CC1. The molecule has 0 saturated heterocycles. The Morgan fingerprint density at radius 1 is 1.05 bits per heavy atom. The normalized spacial score (nSPS) is 21.7. The molecule has 1 aliphatic carbocycles. The highest BCUT2D eigenvalue weighted by Crippen LogP contribution is 2.31. The molecule has 1 aromatic carbocycles. The van der Waals surface area contributed by atoms with Crippen LogP contribution >= 0.6 is 0 Å². The van der Waals surface area contributed by atoms with Crippen molar-refractivity contribution < 1.29 is 4.74 Å². The second-order valence-corrected chi connectivity index (χ2v) is 5.94. The highest BCUT2D eigenvalue weighted by Gasteiger charge is 2.17. The molecule has 0 N–H and O–H groups in total. The molecule has 116 valence electrons. The van der Waals surface area contributed by atoms with Crippen LogP contribution in [0.4, 0.5) is 0 Å². The van der Waals surface area contributed by atoms with E-state index in [1.54, 1.807) is 7.11 Å². The van der Waals surface area contributed by atoms with Gasteiger partial charge in [0.2, 0.25) is 0 Å². The zero-order valence-electron chi connectivity index (χ0n) is 13.7. The summed E-state index contributed by atoms with van der Waals surface area (Å²) in [5.74, 6) is 8.76. The van der Waals surface area contributed by atoms with Gasteiger partial charge in [0.05, 0.1) is 7.11 Å². The Morgan fingerprint density at radius 3 is 2.36 bits per heavy atom. The van der Waals surface area contributed by atoms with Crippen LogP contribution in [0, 0.1) is 23.7 Å². The zero-order chi connectivity index (χ0) is 15.6. The summed E-state index contributed by atoms with van der Waals surface area (Å²) < 4.78 is 5.14. The predicted molar refractivity (Wildman–Crippen MR) is 94.7 cm³/mol. The summed E-state index contributed by atoms with van der Waals surface area (Å²) in [4.78, 5) is 0. The van der Waals surface area contributed by atoms with Gasteiger partial charge in [0, 0.05) is 0 Å². The number of rotatable bonds is 4. The molecule has 1 aromatic rings. The van der Waals surface area contributed by atoms with Gasteiger partial charge in [0.25, 0.3) is 0 Å². The summed E-state index contributed by atoms with van der Waals surface area (Å²) >= 11 is 0. The lowest BCUT2D eigenvalue weighted by Crippen LogP contribution is -2.11. The third-order valence-electron chi connectivity index (χ3n) is 4.48. The van der Waals surface area contributed by atoms with Crippen molar-refractivity contribution >= 4 is 6.08 Å². The zero-order valence-corrected chi connectivity index (χ0v) is 13.7. The van der Waals surface area contributed by atoms with Gasteiger partial charge in [-0.05, 0) is 73.4 Å². The molecule has 0 heterocycles. The molecule has 1 heteroatoms. The summed E-state index contributed by atoms with van der Waals surface area (Å²) in [5.41, 5.74) is 1.14. The van der Waals surface area contributed by atoms with Crippen LogP contribution in [0.1, 0.15) is 44.6 Å². The van der Waals surface area contributed by atoms with Crippen molar-refractivity contribution in [2.75, 3.05) is 7.11 Å². The molecule has 0 atom stereocenters. The molecule has 0 spiro atoms. The lowest BCUT2D eigenvalue weighted by molar-refractivity contribution is 0.304. The van der Waals surface area contributed by atoms with Gasteiger partial charge in [-0.3, -0.25) is 0 Å². The first kappa shape index (κ1) is 16.4. The van der Waals surface area contributed by atoms with Crippen LogP contribution in [0.3, 0.4) is 0 Å². The Hall–Kier alpha value is -1.94. The van der Waals surface area contributed by atoms with Gasteiger partial charge in [-0.2, -0.15) is 0 Å². The van der Waals surface area contributed by atoms with Crippen molar-refractivity contribution in [2.24, 2.45) is 11.8 Å². The molecule has 22 heavy (non-hydrogen) atoms. The minimum atomic E-state index is 0.739. The van der Waals surface area contributed by atoms with E-state index in [9.17, 15) is 0 Å². The molecule has 0 aliphatic heterocycles. The quantitative estimate of drug-likeness (QED) is 0.668. The molecule has 0 unspecified atom stereocenters. The molecule has 2 rings (SSSR count). The standard InChI is InChI=1S/C21H26O/c1-3-18-10-12-19(13-11-18)8-6-4-5-7-9-20-14-16-21(22-2)17-15-20/h6-9,14-19H,3,10-13H2,1-2H3/b8-6+,9-7+. The summed E-state index contributed by atoms with van der Waals surface area (Å²) in [6, 6.07) is 7.97. The maximum absolute atomic E-state index is 5.14. The monoisotopic (exact) mass is 294 g/mol. The molecular formula is C21H26O. The Morgan fingerprint density at radius 2 is 1.73 bits per heavy atom. The lowest BCUT2D eigenvalue weighted by atomic mass is 9.81. The van der Waals surface area contributed by atoms with Crippen molar-refractivity contribution in [3.05, 3.63) is 48.1 Å². The molecule has 0 aromatic heterocycles. The summed E-state index contributed by atoms with van der Waals surface area (Å²) in [6.45, 7) is 2.31. The van der Waals surface area contributed by atoms with Gasteiger partial charge >= 0.3 is 0 Å². The van der Waals surface area contributed by atoms with Gasteiger partial charge in [0.15, 0.2) is 0 Å². The van der Waals surface area contributed by atoms with Crippen LogP contribution in [0.25, 0.3) is 6.08 Å². The molecule has 1 fully saturated rings. The Labute approximate surface area is 135 Å². The molecule has 1 saturated carbocycles. The summed E-state index contributed by atoms with van der Waals surface area (Å²) in [6.07, 6.45) is 15.0. The van der Waals surface area contributed by atoms with Gasteiger partial charge in [0.1, 0.15) is 5.75 Å². The Bertz CT molecular complexity index is 546. The second-order valence-electron chi connectivity index (χ2n) is 5.94. The average molecular weight is 294 g/mol. The fourth-order valence-electron chi connectivity index (χ4n) is 2.92. The fraction of sp³-hybridized carbons (Fsp3) is 0.429. The largest absolute Gasteiger partial charge is 0.497 e. The third-order valence-corrected chi connectivity index (χ3v) is 4.48. The van der Waals surface area contributed by atoms with Gasteiger partial charge in [-0.15, -0.1) is 0 Å². The van der Waals surface area contributed by atoms with Crippen LogP contribution in [0.15, 0.2) is 42.5 Å². The van der Waals surface area contributed by atoms with E-state index in [1.165, 1.54) is 32.1 Å². The Kier molecular flexibility index (Phi) is 6.84. The first-order chi connectivity index (χ1) is 10.8.